The molecule has 0 amide bonds. The number of hydrogen-bond donors (Lipinski definition) is 1. The van der Waals surface area contributed by atoms with Crippen molar-refractivity contribution in [3.63, 3.8) is 0 Å². The Labute approximate surface area is 171 Å². The topological polar surface area (TPSA) is 66.1 Å². The molecule has 1 aliphatic heterocycles. The summed E-state index contributed by atoms with van der Waals surface area (Å²) in [5, 5.41) is 8.11. The van der Waals surface area contributed by atoms with Crippen LogP contribution in [0, 0.1) is 6.92 Å². The summed E-state index contributed by atoms with van der Waals surface area (Å²) >= 11 is 6.16. The van der Waals surface area contributed by atoms with Crippen molar-refractivity contribution < 1.29 is 9.26 Å². The number of nitrogens with one attached hydrogen (secondary N) is 1. The molecule has 0 saturated carbocycles. The largest absolute Gasteiger partial charge is 0.487 e. The zero-order valence-corrected chi connectivity index (χ0v) is 17.4. The first-order chi connectivity index (χ1) is 13.5. The molecule has 1 unspecified atom stereocenters. The van der Waals surface area contributed by atoms with Gasteiger partial charge in [-0.15, -0.1) is 0 Å². The first kappa shape index (κ1) is 20.5. The lowest BCUT2D eigenvalue weighted by molar-refractivity contribution is 0.167. The number of aliphatic imine (C=N–C) groups is 1. The van der Waals surface area contributed by atoms with Crippen LogP contribution in [0.15, 0.2) is 39.8 Å². The summed E-state index contributed by atoms with van der Waals surface area (Å²) in [4.78, 5) is 9.07. The molecule has 0 radical (unpaired) electrons. The van der Waals surface area contributed by atoms with Crippen LogP contribution in [-0.4, -0.2) is 66.8 Å². The van der Waals surface area contributed by atoms with Gasteiger partial charge in [0.1, 0.15) is 17.6 Å². The van der Waals surface area contributed by atoms with E-state index in [0.29, 0.717) is 17.3 Å². The Bertz CT molecular complexity index is 786. The molecule has 1 aromatic carbocycles. The number of ether oxygens (including phenoxy) is 1. The number of aromatic nitrogens is 1. The quantitative estimate of drug-likeness (QED) is 0.588. The van der Waals surface area contributed by atoms with E-state index in [-0.39, 0.29) is 6.10 Å². The number of guanidine groups is 1. The van der Waals surface area contributed by atoms with Crippen LogP contribution in [-0.2, 0) is 6.54 Å². The Morgan fingerprint density at radius 2 is 2.07 bits per heavy atom. The first-order valence-electron chi connectivity index (χ1n) is 9.56. The van der Waals surface area contributed by atoms with E-state index in [1.54, 1.807) is 0 Å². The average molecular weight is 406 g/mol. The molecule has 1 atom stereocenters. The minimum atomic E-state index is -0.0339. The Balaban J connectivity index is 1.43. The molecule has 1 saturated heterocycles. The molecule has 7 nitrogen and oxygen atoms in total. The van der Waals surface area contributed by atoms with Crippen molar-refractivity contribution in [2.75, 3.05) is 39.8 Å². The van der Waals surface area contributed by atoms with Gasteiger partial charge in [-0.25, -0.2) is 0 Å². The van der Waals surface area contributed by atoms with Gasteiger partial charge in [0.25, 0.3) is 0 Å². The van der Waals surface area contributed by atoms with Gasteiger partial charge in [-0.3, -0.25) is 9.89 Å². The maximum absolute atomic E-state index is 6.16. The molecule has 2 heterocycles. The van der Waals surface area contributed by atoms with Crippen LogP contribution in [0.25, 0.3) is 0 Å². The van der Waals surface area contributed by atoms with Gasteiger partial charge < -0.3 is 19.5 Å². The number of hydrogen-bond acceptors (Lipinski definition) is 5. The van der Waals surface area contributed by atoms with Crippen LogP contribution in [0.4, 0.5) is 0 Å². The number of piperazine rings is 1. The van der Waals surface area contributed by atoms with E-state index in [2.05, 4.69) is 25.3 Å². The van der Waals surface area contributed by atoms with Gasteiger partial charge in [0, 0.05) is 45.8 Å². The molecular formula is C20H28ClN5O2. The maximum Gasteiger partial charge on any atom is 0.193 e. The summed E-state index contributed by atoms with van der Waals surface area (Å²) in [6.07, 6.45) is -0.0339. The van der Waals surface area contributed by atoms with Crippen LogP contribution in [0.5, 0.6) is 5.75 Å². The molecule has 28 heavy (non-hydrogen) atoms. The van der Waals surface area contributed by atoms with E-state index < -0.39 is 0 Å². The number of para-hydroxylation sites is 1. The fraction of sp³-hybridized carbons (Fsp3) is 0.500. The lowest BCUT2D eigenvalue weighted by Gasteiger charge is -2.36. The van der Waals surface area contributed by atoms with Crippen LogP contribution < -0.4 is 10.1 Å². The van der Waals surface area contributed by atoms with Crippen molar-refractivity contribution in [1.82, 2.24) is 20.3 Å². The predicted octanol–water partition coefficient (Wildman–Crippen LogP) is 2.80. The van der Waals surface area contributed by atoms with Crippen molar-refractivity contribution in [3.05, 3.63) is 46.8 Å². The smallest absolute Gasteiger partial charge is 0.193 e. The van der Waals surface area contributed by atoms with E-state index in [4.69, 9.17) is 20.9 Å². The van der Waals surface area contributed by atoms with Crippen LogP contribution in [0.3, 0.4) is 0 Å². The highest BCUT2D eigenvalue weighted by molar-refractivity contribution is 6.32. The van der Waals surface area contributed by atoms with Crippen LogP contribution in [0.1, 0.15) is 18.4 Å². The fourth-order valence-electron chi connectivity index (χ4n) is 3.21. The Morgan fingerprint density at radius 1 is 1.32 bits per heavy atom. The second-order valence-corrected chi connectivity index (χ2v) is 7.39. The predicted molar refractivity (Wildman–Crippen MR) is 111 cm³/mol. The molecule has 2 aromatic rings. The molecule has 0 aliphatic carbocycles. The van der Waals surface area contributed by atoms with E-state index in [1.807, 2.05) is 51.2 Å². The van der Waals surface area contributed by atoms with Crippen molar-refractivity contribution in [1.29, 1.82) is 0 Å². The molecule has 0 spiro atoms. The van der Waals surface area contributed by atoms with Crippen molar-refractivity contribution in [2.45, 2.75) is 26.5 Å². The summed E-state index contributed by atoms with van der Waals surface area (Å²) in [6, 6.07) is 9.51. The first-order valence-corrected chi connectivity index (χ1v) is 9.94. The average Bonchev–Trinajstić information content (AvgIpc) is 3.10. The van der Waals surface area contributed by atoms with Gasteiger partial charge in [0.2, 0.25) is 0 Å². The minimum Gasteiger partial charge on any atom is -0.487 e. The lowest BCUT2D eigenvalue weighted by atomic mass is 10.3. The number of rotatable bonds is 6. The monoisotopic (exact) mass is 405 g/mol. The molecule has 0 bridgehead atoms. The zero-order chi connectivity index (χ0) is 19.9. The highest BCUT2D eigenvalue weighted by Gasteiger charge is 2.21. The molecule has 1 fully saturated rings. The molecule has 1 aromatic heterocycles. The summed E-state index contributed by atoms with van der Waals surface area (Å²) in [5.41, 5.74) is 0.985. The van der Waals surface area contributed by atoms with Gasteiger partial charge in [-0.1, -0.05) is 28.9 Å². The Hall–Kier alpha value is -2.25. The Morgan fingerprint density at radius 3 is 2.71 bits per heavy atom. The second-order valence-electron chi connectivity index (χ2n) is 6.98. The van der Waals surface area contributed by atoms with Gasteiger partial charge in [0.15, 0.2) is 5.96 Å². The normalized spacial score (nSPS) is 16.9. The number of nitrogens with zero attached hydrogens (tertiary/aromatic N) is 4. The third kappa shape index (κ3) is 5.62. The molecule has 152 valence electrons. The zero-order valence-electron chi connectivity index (χ0n) is 16.7. The molecule has 1 N–H and O–H groups in total. The second kappa shape index (κ2) is 9.80. The standard InChI is InChI=1S/C20H28ClN5O2/c1-15-12-17(24-28-15)14-25-8-10-26(11-9-25)20(22-3)23-13-16(2)27-19-7-5-4-6-18(19)21/h4-7,12,16H,8-11,13-14H2,1-3H3,(H,22,23). The van der Waals surface area contributed by atoms with E-state index >= 15 is 0 Å². The number of halogens is 1. The van der Waals surface area contributed by atoms with Gasteiger partial charge in [0.05, 0.1) is 17.3 Å². The van der Waals surface area contributed by atoms with Crippen molar-refractivity contribution >= 4 is 17.6 Å². The SMILES string of the molecule is CN=C(NCC(C)Oc1ccccc1Cl)N1CCN(Cc2cc(C)on2)CC1. The van der Waals surface area contributed by atoms with Gasteiger partial charge in [-0.2, -0.15) is 0 Å². The number of aryl methyl sites for hydroxylation is 1. The van der Waals surface area contributed by atoms with E-state index in [9.17, 15) is 0 Å². The summed E-state index contributed by atoms with van der Waals surface area (Å²) < 4.78 is 11.1. The summed E-state index contributed by atoms with van der Waals surface area (Å²) in [7, 11) is 1.81. The van der Waals surface area contributed by atoms with Gasteiger partial charge >= 0.3 is 0 Å². The maximum atomic E-state index is 6.16. The van der Waals surface area contributed by atoms with Crippen LogP contribution in [0.2, 0.25) is 5.02 Å². The minimum absolute atomic E-state index is 0.0339. The number of benzene rings is 1. The van der Waals surface area contributed by atoms with E-state index in [0.717, 1.165) is 50.1 Å². The molecular weight excluding hydrogens is 378 g/mol. The van der Waals surface area contributed by atoms with Crippen molar-refractivity contribution in [2.24, 2.45) is 4.99 Å². The third-order valence-corrected chi connectivity index (χ3v) is 4.97. The summed E-state index contributed by atoms with van der Waals surface area (Å²) in [5.74, 6) is 2.45. The highest BCUT2D eigenvalue weighted by Crippen LogP contribution is 2.24. The summed E-state index contributed by atoms with van der Waals surface area (Å²) in [6.45, 7) is 9.14. The Kier molecular flexibility index (Phi) is 7.17. The molecule has 3 rings (SSSR count). The third-order valence-electron chi connectivity index (χ3n) is 4.66. The molecule has 8 heteroatoms. The van der Waals surface area contributed by atoms with E-state index in [1.165, 1.54) is 0 Å². The lowest BCUT2D eigenvalue weighted by Crippen LogP contribution is -2.53. The van der Waals surface area contributed by atoms with Gasteiger partial charge in [-0.05, 0) is 26.0 Å². The van der Waals surface area contributed by atoms with Crippen molar-refractivity contribution in [3.8, 4) is 5.75 Å². The van der Waals surface area contributed by atoms with Crippen LogP contribution >= 0.6 is 11.6 Å². The molecule has 1 aliphatic rings. The fourth-order valence-corrected chi connectivity index (χ4v) is 3.39. The highest BCUT2D eigenvalue weighted by atomic mass is 35.5.